The number of aromatic nitrogens is 3. The molecule has 0 saturated carbocycles. The number of likely N-dealkylation sites (tertiary alicyclic amines) is 1. The molecule has 7 heteroatoms. The molecule has 2 aliphatic rings. The van der Waals surface area contributed by atoms with E-state index in [0.29, 0.717) is 18.0 Å². The Bertz CT molecular complexity index is 811. The number of amides is 2. The SMILES string of the molecule is O=C(NCC1CCn2ncc(C(=O)N3CCCCC3)c2C1)c1cccnc1. The smallest absolute Gasteiger partial charge is 0.257 e. The molecule has 4 rings (SSSR count). The zero-order valence-corrected chi connectivity index (χ0v) is 15.4. The summed E-state index contributed by atoms with van der Waals surface area (Å²) >= 11 is 0. The van der Waals surface area contributed by atoms with Crippen LogP contribution in [-0.2, 0) is 13.0 Å². The van der Waals surface area contributed by atoms with Crippen LogP contribution in [0.2, 0.25) is 0 Å². The maximum atomic E-state index is 12.9. The average Bonchev–Trinajstić information content (AvgIpc) is 3.16. The fourth-order valence-corrected chi connectivity index (χ4v) is 3.96. The van der Waals surface area contributed by atoms with Crippen molar-refractivity contribution in [3.63, 3.8) is 0 Å². The molecule has 1 unspecified atom stereocenters. The first-order valence-electron chi connectivity index (χ1n) is 9.74. The standard InChI is InChI=1S/C20H25N5O2/c26-19(16-5-4-7-21-13-16)22-12-15-6-10-25-18(11-15)17(14-23-25)20(27)24-8-2-1-3-9-24/h4-5,7,13-15H,1-3,6,8-12H2,(H,22,26). The molecule has 0 radical (unpaired) electrons. The number of carbonyl (C=O) groups excluding carboxylic acids is 2. The minimum Gasteiger partial charge on any atom is -0.352 e. The van der Waals surface area contributed by atoms with Gasteiger partial charge in [-0.1, -0.05) is 0 Å². The first-order chi connectivity index (χ1) is 13.2. The van der Waals surface area contributed by atoms with Crippen molar-refractivity contribution in [1.29, 1.82) is 0 Å². The second-order valence-electron chi connectivity index (χ2n) is 7.39. The fourth-order valence-electron chi connectivity index (χ4n) is 3.96. The lowest BCUT2D eigenvalue weighted by Gasteiger charge is -2.28. The summed E-state index contributed by atoms with van der Waals surface area (Å²) in [4.78, 5) is 31.1. The average molecular weight is 367 g/mol. The van der Waals surface area contributed by atoms with Gasteiger partial charge in [-0.25, -0.2) is 0 Å². The summed E-state index contributed by atoms with van der Waals surface area (Å²) in [7, 11) is 0. The van der Waals surface area contributed by atoms with Gasteiger partial charge in [0.2, 0.25) is 0 Å². The molecule has 2 amide bonds. The highest BCUT2D eigenvalue weighted by Crippen LogP contribution is 2.24. The van der Waals surface area contributed by atoms with Crippen molar-refractivity contribution >= 4 is 11.8 Å². The highest BCUT2D eigenvalue weighted by Gasteiger charge is 2.28. The monoisotopic (exact) mass is 367 g/mol. The number of carbonyl (C=O) groups is 2. The quantitative estimate of drug-likeness (QED) is 0.895. The summed E-state index contributed by atoms with van der Waals surface area (Å²) < 4.78 is 1.95. The Morgan fingerprint density at radius 3 is 2.78 bits per heavy atom. The fraction of sp³-hybridized carbons (Fsp3) is 0.500. The van der Waals surface area contributed by atoms with Crippen molar-refractivity contribution in [1.82, 2.24) is 25.0 Å². The maximum Gasteiger partial charge on any atom is 0.257 e. The largest absolute Gasteiger partial charge is 0.352 e. The molecular weight excluding hydrogens is 342 g/mol. The van der Waals surface area contributed by atoms with Crippen LogP contribution in [0.1, 0.15) is 52.1 Å². The van der Waals surface area contributed by atoms with Gasteiger partial charge in [0.25, 0.3) is 11.8 Å². The highest BCUT2D eigenvalue weighted by atomic mass is 16.2. The summed E-state index contributed by atoms with van der Waals surface area (Å²) in [5, 5.41) is 7.42. The lowest BCUT2D eigenvalue weighted by molar-refractivity contribution is 0.0721. The number of nitrogens with one attached hydrogen (secondary N) is 1. The van der Waals surface area contributed by atoms with Gasteiger partial charge in [-0.15, -0.1) is 0 Å². The van der Waals surface area contributed by atoms with Crippen molar-refractivity contribution < 1.29 is 9.59 Å². The molecule has 4 heterocycles. The number of fused-ring (bicyclic) bond motifs is 1. The Labute approximate surface area is 158 Å². The van der Waals surface area contributed by atoms with E-state index in [4.69, 9.17) is 0 Å². The van der Waals surface area contributed by atoms with E-state index in [0.717, 1.165) is 56.6 Å². The van der Waals surface area contributed by atoms with Crippen molar-refractivity contribution in [3.05, 3.63) is 47.5 Å². The molecule has 142 valence electrons. The zero-order chi connectivity index (χ0) is 18.6. The van der Waals surface area contributed by atoms with E-state index in [9.17, 15) is 9.59 Å². The van der Waals surface area contributed by atoms with Crippen molar-refractivity contribution in [3.8, 4) is 0 Å². The molecule has 0 aromatic carbocycles. The van der Waals surface area contributed by atoms with Gasteiger partial charge in [-0.05, 0) is 50.2 Å². The minimum absolute atomic E-state index is 0.105. The van der Waals surface area contributed by atoms with Crippen LogP contribution in [-0.4, -0.2) is 51.1 Å². The van der Waals surface area contributed by atoms with Crippen molar-refractivity contribution in [2.24, 2.45) is 5.92 Å². The van der Waals surface area contributed by atoms with Gasteiger partial charge >= 0.3 is 0 Å². The summed E-state index contributed by atoms with van der Waals surface area (Å²) in [5.74, 6) is 0.311. The van der Waals surface area contributed by atoms with Crippen LogP contribution in [0, 0.1) is 5.92 Å². The van der Waals surface area contributed by atoms with E-state index in [2.05, 4.69) is 15.4 Å². The molecule has 1 saturated heterocycles. The Morgan fingerprint density at radius 1 is 1.15 bits per heavy atom. The number of nitrogens with zero attached hydrogens (tertiary/aromatic N) is 4. The second kappa shape index (κ2) is 7.90. The third-order valence-electron chi connectivity index (χ3n) is 5.53. The van der Waals surface area contributed by atoms with Crippen LogP contribution in [0.15, 0.2) is 30.7 Å². The van der Waals surface area contributed by atoms with Gasteiger partial charge in [0, 0.05) is 38.6 Å². The molecule has 0 bridgehead atoms. The van der Waals surface area contributed by atoms with Gasteiger partial charge in [-0.2, -0.15) is 5.10 Å². The van der Waals surface area contributed by atoms with E-state index in [1.807, 2.05) is 9.58 Å². The molecule has 27 heavy (non-hydrogen) atoms. The second-order valence-corrected chi connectivity index (χ2v) is 7.39. The third kappa shape index (κ3) is 3.86. The molecule has 0 spiro atoms. The molecular formula is C20H25N5O2. The number of piperidine rings is 1. The maximum absolute atomic E-state index is 12.9. The highest BCUT2D eigenvalue weighted by molar-refractivity contribution is 5.95. The molecule has 2 aromatic heterocycles. The van der Waals surface area contributed by atoms with Crippen LogP contribution in [0.3, 0.4) is 0 Å². The van der Waals surface area contributed by atoms with Gasteiger partial charge in [-0.3, -0.25) is 19.3 Å². The van der Waals surface area contributed by atoms with E-state index in [-0.39, 0.29) is 11.8 Å². The van der Waals surface area contributed by atoms with Gasteiger partial charge in [0.1, 0.15) is 0 Å². The lowest BCUT2D eigenvalue weighted by atomic mass is 9.93. The number of rotatable bonds is 4. The van der Waals surface area contributed by atoms with Crippen LogP contribution >= 0.6 is 0 Å². The topological polar surface area (TPSA) is 80.1 Å². The Morgan fingerprint density at radius 2 is 2.00 bits per heavy atom. The molecule has 7 nitrogen and oxygen atoms in total. The van der Waals surface area contributed by atoms with E-state index >= 15 is 0 Å². The van der Waals surface area contributed by atoms with E-state index in [1.165, 1.54) is 6.42 Å². The Hall–Kier alpha value is -2.70. The van der Waals surface area contributed by atoms with Crippen molar-refractivity contribution in [2.45, 2.75) is 38.6 Å². The first kappa shape index (κ1) is 17.7. The number of hydrogen-bond donors (Lipinski definition) is 1. The van der Waals surface area contributed by atoms with Crippen LogP contribution in [0.25, 0.3) is 0 Å². The van der Waals surface area contributed by atoms with Crippen LogP contribution < -0.4 is 5.32 Å². The minimum atomic E-state index is -0.105. The summed E-state index contributed by atoms with van der Waals surface area (Å²) in [6, 6.07) is 3.51. The molecule has 1 atom stereocenters. The summed E-state index contributed by atoms with van der Waals surface area (Å²) in [5.41, 5.74) is 2.32. The predicted octanol–water partition coefficient (Wildman–Crippen LogP) is 1.90. The normalized spacial score (nSPS) is 19.4. The molecule has 2 aromatic rings. The molecule has 1 fully saturated rings. The summed E-state index contributed by atoms with van der Waals surface area (Å²) in [6.07, 6.45) is 10.0. The van der Waals surface area contributed by atoms with Gasteiger partial charge < -0.3 is 10.2 Å². The number of aryl methyl sites for hydroxylation is 1. The Kier molecular flexibility index (Phi) is 5.18. The third-order valence-corrected chi connectivity index (χ3v) is 5.53. The molecule has 2 aliphatic heterocycles. The summed E-state index contributed by atoms with van der Waals surface area (Å²) in [6.45, 7) is 3.06. The van der Waals surface area contributed by atoms with Crippen molar-refractivity contribution in [2.75, 3.05) is 19.6 Å². The van der Waals surface area contributed by atoms with Gasteiger partial charge in [0.15, 0.2) is 0 Å². The van der Waals surface area contributed by atoms with E-state index < -0.39 is 0 Å². The Balaban J connectivity index is 1.40. The molecule has 1 N–H and O–H groups in total. The van der Waals surface area contributed by atoms with Crippen LogP contribution in [0.4, 0.5) is 0 Å². The van der Waals surface area contributed by atoms with Crippen LogP contribution in [0.5, 0.6) is 0 Å². The van der Waals surface area contributed by atoms with Gasteiger partial charge in [0.05, 0.1) is 23.0 Å². The predicted molar refractivity (Wildman–Crippen MR) is 100 cm³/mol. The van der Waals surface area contributed by atoms with E-state index in [1.54, 1.807) is 30.7 Å². The number of pyridine rings is 1. The lowest BCUT2D eigenvalue weighted by Crippen LogP contribution is -2.37. The first-order valence-corrected chi connectivity index (χ1v) is 9.74. The zero-order valence-electron chi connectivity index (χ0n) is 15.4. The molecule has 0 aliphatic carbocycles. The number of hydrogen-bond acceptors (Lipinski definition) is 4.